The summed E-state index contributed by atoms with van der Waals surface area (Å²) >= 11 is 3.51. The first-order valence-electron chi connectivity index (χ1n) is 12.8. The van der Waals surface area contributed by atoms with Crippen LogP contribution in [0.4, 0.5) is 5.95 Å². The number of H-pyrrole nitrogens is 1. The van der Waals surface area contributed by atoms with Crippen molar-refractivity contribution < 1.29 is 14.3 Å². The molecule has 1 amide bonds. The summed E-state index contributed by atoms with van der Waals surface area (Å²) in [6, 6.07) is 14.6. The molecular formula is C28H29BrN6O4. The molecule has 3 N–H and O–H groups in total. The van der Waals surface area contributed by atoms with E-state index in [4.69, 9.17) is 9.47 Å². The summed E-state index contributed by atoms with van der Waals surface area (Å²) in [6.07, 6.45) is 7.01. The average molecular weight is 593 g/mol. The second-order valence-corrected chi connectivity index (χ2v) is 9.79. The van der Waals surface area contributed by atoms with Crippen molar-refractivity contribution in [2.75, 3.05) is 18.6 Å². The van der Waals surface area contributed by atoms with Crippen LogP contribution in [0.3, 0.4) is 0 Å². The monoisotopic (exact) mass is 592 g/mol. The van der Waals surface area contributed by atoms with Crippen molar-refractivity contribution >= 4 is 34.0 Å². The summed E-state index contributed by atoms with van der Waals surface area (Å²) in [5.41, 5.74) is 3.62. The summed E-state index contributed by atoms with van der Waals surface area (Å²) in [7, 11) is 0. The zero-order valence-electron chi connectivity index (χ0n) is 21.5. The van der Waals surface area contributed by atoms with Crippen LogP contribution in [0.5, 0.6) is 11.5 Å². The first-order chi connectivity index (χ1) is 19.0. The van der Waals surface area contributed by atoms with Gasteiger partial charge in [-0.2, -0.15) is 10.4 Å². The van der Waals surface area contributed by atoms with Crippen molar-refractivity contribution in [1.82, 2.24) is 15.3 Å². The molecule has 1 aromatic heterocycles. The van der Waals surface area contributed by atoms with Gasteiger partial charge in [0.15, 0.2) is 18.1 Å². The van der Waals surface area contributed by atoms with E-state index in [2.05, 4.69) is 41.7 Å². The lowest BCUT2D eigenvalue weighted by atomic mass is 9.95. The van der Waals surface area contributed by atoms with Crippen LogP contribution in [-0.4, -0.2) is 41.3 Å². The van der Waals surface area contributed by atoms with E-state index in [0.717, 1.165) is 25.7 Å². The molecule has 0 saturated heterocycles. The zero-order chi connectivity index (χ0) is 27.6. The molecule has 1 heterocycles. The molecule has 0 atom stereocenters. The molecule has 0 unspecified atom stereocenters. The third-order valence-corrected chi connectivity index (χ3v) is 6.70. The minimum absolute atomic E-state index is 0.0796. The van der Waals surface area contributed by atoms with Gasteiger partial charge in [-0.25, -0.2) is 10.4 Å². The summed E-state index contributed by atoms with van der Waals surface area (Å²) in [5.74, 6) is 0.799. The second-order valence-electron chi connectivity index (χ2n) is 8.94. The lowest BCUT2D eigenvalue weighted by Crippen LogP contribution is -2.39. The molecule has 0 aliphatic heterocycles. The molecule has 11 heteroatoms. The van der Waals surface area contributed by atoms with Crippen LogP contribution >= 0.6 is 15.9 Å². The standard InChI is InChI=1S/C28H29BrN6O4/c1-2-38-23-14-18(13-22(29)26(23)39-17-24(36)32-20-11-7-4-8-12-20)16-31-35-28-33-25(19-9-5-3-6-10-19)21(15-30)27(37)34-28/h3,5-6,9-10,13-14,16,20H,2,4,7-8,11-12,17H2,1H3,(H,32,36)(H2,33,34,35,37). The number of carbonyl (C=O) groups is 1. The van der Waals surface area contributed by atoms with Gasteiger partial charge in [-0.15, -0.1) is 0 Å². The van der Waals surface area contributed by atoms with Gasteiger partial charge >= 0.3 is 0 Å². The number of aromatic amines is 1. The summed E-state index contributed by atoms with van der Waals surface area (Å²) in [6.45, 7) is 2.13. The molecule has 0 radical (unpaired) electrons. The Balaban J connectivity index is 1.47. The first kappa shape index (κ1) is 27.9. The van der Waals surface area contributed by atoms with Crippen molar-refractivity contribution in [2.24, 2.45) is 5.10 Å². The number of rotatable bonds is 10. The zero-order valence-corrected chi connectivity index (χ0v) is 23.1. The van der Waals surface area contributed by atoms with E-state index in [0.29, 0.717) is 33.7 Å². The number of nitriles is 1. The van der Waals surface area contributed by atoms with Gasteiger partial charge in [0.25, 0.3) is 11.5 Å². The highest BCUT2D eigenvalue weighted by molar-refractivity contribution is 9.10. The predicted octanol–water partition coefficient (Wildman–Crippen LogP) is 4.74. The number of aromatic nitrogens is 2. The van der Waals surface area contributed by atoms with Crippen LogP contribution in [0.1, 0.15) is 50.2 Å². The number of nitrogens with one attached hydrogen (secondary N) is 3. The van der Waals surface area contributed by atoms with Crippen LogP contribution in [0.25, 0.3) is 11.3 Å². The topological polar surface area (TPSA) is 141 Å². The van der Waals surface area contributed by atoms with Crippen molar-refractivity contribution in [1.29, 1.82) is 5.26 Å². The highest BCUT2D eigenvalue weighted by atomic mass is 79.9. The highest BCUT2D eigenvalue weighted by Crippen LogP contribution is 2.36. The molecule has 0 bridgehead atoms. The number of ether oxygens (including phenoxy) is 2. The number of benzene rings is 2. The molecule has 10 nitrogen and oxygen atoms in total. The van der Waals surface area contributed by atoms with Gasteiger partial charge in [-0.05, 0) is 53.4 Å². The number of hydrogen-bond acceptors (Lipinski definition) is 8. The maximum absolute atomic E-state index is 12.4. The van der Waals surface area contributed by atoms with Gasteiger partial charge in [0, 0.05) is 11.6 Å². The molecule has 2 aromatic carbocycles. The van der Waals surface area contributed by atoms with Gasteiger partial charge in [-0.1, -0.05) is 49.6 Å². The van der Waals surface area contributed by atoms with E-state index in [9.17, 15) is 14.9 Å². The Bertz CT molecular complexity index is 1430. The Labute approximate surface area is 234 Å². The molecule has 1 fully saturated rings. The number of amides is 1. The van der Waals surface area contributed by atoms with Crippen molar-refractivity contribution in [3.8, 4) is 28.8 Å². The molecule has 202 valence electrons. The van der Waals surface area contributed by atoms with E-state index in [1.165, 1.54) is 12.6 Å². The lowest BCUT2D eigenvalue weighted by Gasteiger charge is -2.23. The highest BCUT2D eigenvalue weighted by Gasteiger charge is 2.18. The molecule has 3 aromatic rings. The number of anilines is 1. The minimum Gasteiger partial charge on any atom is -0.490 e. The van der Waals surface area contributed by atoms with Crippen LogP contribution in [0.2, 0.25) is 0 Å². The molecule has 1 aliphatic rings. The Morgan fingerprint density at radius 2 is 2.00 bits per heavy atom. The van der Waals surface area contributed by atoms with Crippen molar-refractivity contribution in [2.45, 2.75) is 45.1 Å². The van der Waals surface area contributed by atoms with E-state index >= 15 is 0 Å². The maximum atomic E-state index is 12.4. The Morgan fingerprint density at radius 1 is 1.23 bits per heavy atom. The van der Waals surface area contributed by atoms with Crippen LogP contribution in [0, 0.1) is 11.3 Å². The van der Waals surface area contributed by atoms with E-state index < -0.39 is 5.56 Å². The third kappa shape index (κ3) is 7.45. The second kappa shape index (κ2) is 13.6. The average Bonchev–Trinajstić information content (AvgIpc) is 2.93. The summed E-state index contributed by atoms with van der Waals surface area (Å²) in [4.78, 5) is 31.8. The fourth-order valence-corrected chi connectivity index (χ4v) is 4.90. The van der Waals surface area contributed by atoms with Gasteiger partial charge in [0.2, 0.25) is 5.95 Å². The quantitative estimate of drug-likeness (QED) is 0.228. The predicted molar refractivity (Wildman–Crippen MR) is 152 cm³/mol. The molecule has 1 aliphatic carbocycles. The smallest absolute Gasteiger partial charge is 0.270 e. The fraction of sp³-hybridized carbons (Fsp3) is 0.321. The molecule has 0 spiro atoms. The minimum atomic E-state index is -0.570. The molecule has 4 rings (SSSR count). The summed E-state index contributed by atoms with van der Waals surface area (Å²) in [5, 5.41) is 16.7. The number of halogens is 1. The van der Waals surface area contributed by atoms with Gasteiger partial charge in [-0.3, -0.25) is 14.6 Å². The van der Waals surface area contributed by atoms with Gasteiger partial charge in [0.1, 0.15) is 11.6 Å². The normalized spacial score (nSPS) is 13.6. The largest absolute Gasteiger partial charge is 0.490 e. The maximum Gasteiger partial charge on any atom is 0.270 e. The SMILES string of the molecule is CCOc1cc(C=NNc2nc(-c3ccccc3)c(C#N)c(=O)[nH]2)cc(Br)c1OCC(=O)NC1CCCCC1. The summed E-state index contributed by atoms with van der Waals surface area (Å²) < 4.78 is 12.2. The molecule has 39 heavy (non-hydrogen) atoms. The Kier molecular flexibility index (Phi) is 9.69. The fourth-order valence-electron chi connectivity index (χ4n) is 4.32. The van der Waals surface area contributed by atoms with Crippen LogP contribution < -0.4 is 25.8 Å². The van der Waals surface area contributed by atoms with Crippen LogP contribution in [-0.2, 0) is 4.79 Å². The van der Waals surface area contributed by atoms with Crippen LogP contribution in [0.15, 0.2) is 56.8 Å². The number of hydrogen-bond donors (Lipinski definition) is 3. The Hall–Kier alpha value is -4.17. The van der Waals surface area contributed by atoms with E-state index in [-0.39, 0.29) is 35.8 Å². The lowest BCUT2D eigenvalue weighted by molar-refractivity contribution is -0.124. The van der Waals surface area contributed by atoms with Gasteiger partial charge in [0.05, 0.1) is 23.0 Å². The Morgan fingerprint density at radius 3 is 2.72 bits per heavy atom. The first-order valence-corrected chi connectivity index (χ1v) is 13.5. The van der Waals surface area contributed by atoms with E-state index in [1.807, 2.05) is 19.1 Å². The number of hydrazone groups is 1. The van der Waals surface area contributed by atoms with Crippen molar-refractivity contribution in [3.63, 3.8) is 0 Å². The van der Waals surface area contributed by atoms with E-state index in [1.54, 1.807) is 36.4 Å². The number of nitrogens with zero attached hydrogens (tertiary/aromatic N) is 3. The molecular weight excluding hydrogens is 564 g/mol. The van der Waals surface area contributed by atoms with Gasteiger partial charge < -0.3 is 14.8 Å². The third-order valence-electron chi connectivity index (χ3n) is 6.11. The van der Waals surface area contributed by atoms with Crippen molar-refractivity contribution in [3.05, 3.63) is 68.4 Å². The molecule has 1 saturated carbocycles. The number of carbonyl (C=O) groups excluding carboxylic acids is 1.